The summed E-state index contributed by atoms with van der Waals surface area (Å²) in [5.41, 5.74) is 4.27. The summed E-state index contributed by atoms with van der Waals surface area (Å²) in [4.78, 5) is 18.8. The van der Waals surface area contributed by atoms with Crippen molar-refractivity contribution >= 4 is 29.4 Å². The molecule has 0 radical (unpaired) electrons. The van der Waals surface area contributed by atoms with Gasteiger partial charge in [0, 0.05) is 31.6 Å². The maximum absolute atomic E-state index is 12.9. The van der Waals surface area contributed by atoms with E-state index in [-0.39, 0.29) is 11.6 Å². The van der Waals surface area contributed by atoms with Gasteiger partial charge in [0.05, 0.1) is 5.69 Å². The van der Waals surface area contributed by atoms with Crippen molar-refractivity contribution in [3.63, 3.8) is 0 Å². The van der Waals surface area contributed by atoms with Gasteiger partial charge in [-0.25, -0.2) is 4.39 Å². The number of allylic oxidation sites excluding steroid dienone is 1. The highest BCUT2D eigenvalue weighted by molar-refractivity contribution is 6.07. The first-order valence-electron chi connectivity index (χ1n) is 8.91. The van der Waals surface area contributed by atoms with E-state index in [1.165, 1.54) is 18.2 Å². The molecule has 3 aromatic rings. The van der Waals surface area contributed by atoms with Gasteiger partial charge < -0.3 is 4.90 Å². The van der Waals surface area contributed by atoms with E-state index in [2.05, 4.69) is 4.99 Å². The first kappa shape index (κ1) is 19.2. The lowest BCUT2D eigenvalue weighted by Gasteiger charge is -2.11. The molecule has 0 atom stereocenters. The van der Waals surface area contributed by atoms with Crippen LogP contribution >= 0.6 is 0 Å². The first-order valence-corrected chi connectivity index (χ1v) is 8.91. The van der Waals surface area contributed by atoms with E-state index < -0.39 is 0 Å². The van der Waals surface area contributed by atoms with Gasteiger partial charge in [0.1, 0.15) is 5.82 Å². The summed E-state index contributed by atoms with van der Waals surface area (Å²) in [5, 5.41) is 0. The fourth-order valence-corrected chi connectivity index (χ4v) is 2.56. The minimum atomic E-state index is -0.298. The van der Waals surface area contributed by atoms with Gasteiger partial charge in [0.25, 0.3) is 0 Å². The van der Waals surface area contributed by atoms with E-state index in [1.807, 2.05) is 55.4 Å². The number of nitrogens with zero attached hydrogens (tertiary/aromatic N) is 2. The van der Waals surface area contributed by atoms with Gasteiger partial charge in [-0.3, -0.25) is 9.79 Å². The molecule has 0 aliphatic heterocycles. The molecule has 0 aliphatic carbocycles. The zero-order valence-corrected chi connectivity index (χ0v) is 15.8. The minimum Gasteiger partial charge on any atom is -0.378 e. The van der Waals surface area contributed by atoms with Crippen LogP contribution in [0, 0.1) is 5.82 Å². The number of carbonyl (C=O) groups is 1. The molecule has 0 saturated carbocycles. The molecule has 0 spiro atoms. The molecule has 3 nitrogen and oxygen atoms in total. The summed E-state index contributed by atoms with van der Waals surface area (Å²) >= 11 is 0. The lowest BCUT2D eigenvalue weighted by atomic mass is 10.1. The molecule has 0 aliphatic rings. The summed E-state index contributed by atoms with van der Waals surface area (Å²) in [6.07, 6.45) is 4.95. The molecule has 0 N–H and O–H groups in total. The first-order chi connectivity index (χ1) is 13.5. The lowest BCUT2D eigenvalue weighted by molar-refractivity contribution is 0.104. The SMILES string of the molecule is CN(C)c1ccc(C=Nc2ccc(C(=O)/C=C/c3ccc(F)cc3)cc2)cc1. The fourth-order valence-electron chi connectivity index (χ4n) is 2.56. The van der Waals surface area contributed by atoms with Crippen molar-refractivity contribution in [2.75, 3.05) is 19.0 Å². The molecule has 0 amide bonds. The van der Waals surface area contributed by atoms with E-state index in [0.29, 0.717) is 5.56 Å². The third-order valence-electron chi connectivity index (χ3n) is 4.22. The standard InChI is InChI=1S/C24H21FN2O/c1-27(2)23-14-5-19(6-15-23)17-26-22-12-8-20(9-13-22)24(28)16-7-18-3-10-21(25)11-4-18/h3-17H,1-2H3/b16-7+,26-17?. The van der Waals surface area contributed by atoms with Crippen LogP contribution in [0.2, 0.25) is 0 Å². The Morgan fingerprint density at radius 3 is 2.07 bits per heavy atom. The highest BCUT2D eigenvalue weighted by Gasteiger charge is 2.02. The molecule has 140 valence electrons. The van der Waals surface area contributed by atoms with Crippen LogP contribution in [-0.2, 0) is 0 Å². The van der Waals surface area contributed by atoms with Crippen LogP contribution in [-0.4, -0.2) is 26.1 Å². The van der Waals surface area contributed by atoms with Gasteiger partial charge >= 0.3 is 0 Å². The van der Waals surface area contributed by atoms with Gasteiger partial charge in [0.15, 0.2) is 5.78 Å². The minimum absolute atomic E-state index is 0.112. The number of rotatable bonds is 6. The summed E-state index contributed by atoms with van der Waals surface area (Å²) in [5.74, 6) is -0.410. The normalized spacial score (nSPS) is 11.2. The third-order valence-corrected chi connectivity index (χ3v) is 4.22. The molecule has 0 unspecified atom stereocenters. The summed E-state index contributed by atoms with van der Waals surface area (Å²) in [7, 11) is 4.00. The van der Waals surface area contributed by atoms with E-state index in [1.54, 1.807) is 36.6 Å². The quantitative estimate of drug-likeness (QED) is 0.323. The Hall–Kier alpha value is -3.53. The number of halogens is 1. The van der Waals surface area contributed by atoms with Crippen molar-refractivity contribution < 1.29 is 9.18 Å². The topological polar surface area (TPSA) is 32.7 Å². The predicted octanol–water partition coefficient (Wildman–Crippen LogP) is 5.54. The summed E-state index contributed by atoms with van der Waals surface area (Å²) in [6.45, 7) is 0. The van der Waals surface area contributed by atoms with Crippen molar-refractivity contribution in [3.8, 4) is 0 Å². The zero-order chi connectivity index (χ0) is 19.9. The molecule has 0 fully saturated rings. The van der Waals surface area contributed by atoms with Crippen molar-refractivity contribution in [1.82, 2.24) is 0 Å². The Morgan fingerprint density at radius 2 is 1.46 bits per heavy atom. The average Bonchev–Trinajstić information content (AvgIpc) is 2.72. The number of hydrogen-bond acceptors (Lipinski definition) is 3. The van der Waals surface area contributed by atoms with Crippen LogP contribution in [0.3, 0.4) is 0 Å². The predicted molar refractivity (Wildman–Crippen MR) is 114 cm³/mol. The Labute approximate surface area is 164 Å². The van der Waals surface area contributed by atoms with E-state index in [4.69, 9.17) is 0 Å². The van der Waals surface area contributed by atoms with Gasteiger partial charge in [0.2, 0.25) is 0 Å². The second kappa shape index (κ2) is 8.91. The summed E-state index contributed by atoms with van der Waals surface area (Å²) in [6, 6.07) is 21.2. The molecule has 4 heteroatoms. The van der Waals surface area contributed by atoms with E-state index in [0.717, 1.165) is 22.5 Å². The number of aliphatic imine (C=N–C) groups is 1. The molecule has 3 rings (SSSR count). The number of carbonyl (C=O) groups excluding carboxylic acids is 1. The highest BCUT2D eigenvalue weighted by atomic mass is 19.1. The number of anilines is 1. The average molecular weight is 372 g/mol. The monoisotopic (exact) mass is 372 g/mol. The maximum Gasteiger partial charge on any atom is 0.185 e. The van der Waals surface area contributed by atoms with Crippen molar-refractivity contribution in [3.05, 3.63) is 101 Å². The molecule has 0 saturated heterocycles. The fraction of sp³-hybridized carbons (Fsp3) is 0.0833. The maximum atomic E-state index is 12.9. The second-order valence-electron chi connectivity index (χ2n) is 6.54. The molecular weight excluding hydrogens is 351 g/mol. The molecular formula is C24H21FN2O. The molecule has 3 aromatic carbocycles. The molecule has 0 bridgehead atoms. The smallest absolute Gasteiger partial charge is 0.185 e. The van der Waals surface area contributed by atoms with Crippen molar-refractivity contribution in [2.24, 2.45) is 4.99 Å². The largest absolute Gasteiger partial charge is 0.378 e. The van der Waals surface area contributed by atoms with E-state index in [9.17, 15) is 9.18 Å². The Balaban J connectivity index is 1.63. The number of ketones is 1. The highest BCUT2D eigenvalue weighted by Crippen LogP contribution is 2.16. The lowest BCUT2D eigenvalue weighted by Crippen LogP contribution is -2.08. The zero-order valence-electron chi connectivity index (χ0n) is 15.8. The van der Waals surface area contributed by atoms with Crippen LogP contribution in [0.25, 0.3) is 6.08 Å². The van der Waals surface area contributed by atoms with Crippen molar-refractivity contribution in [1.29, 1.82) is 0 Å². The van der Waals surface area contributed by atoms with Gasteiger partial charge in [-0.05, 0) is 65.7 Å². The Bertz CT molecular complexity index is 986. The van der Waals surface area contributed by atoms with Gasteiger partial charge in [-0.2, -0.15) is 0 Å². The molecule has 28 heavy (non-hydrogen) atoms. The van der Waals surface area contributed by atoms with E-state index >= 15 is 0 Å². The number of benzene rings is 3. The second-order valence-corrected chi connectivity index (χ2v) is 6.54. The van der Waals surface area contributed by atoms with Gasteiger partial charge in [-0.15, -0.1) is 0 Å². The number of hydrogen-bond donors (Lipinski definition) is 0. The molecule has 0 heterocycles. The van der Waals surface area contributed by atoms with Crippen LogP contribution in [0.5, 0.6) is 0 Å². The Morgan fingerprint density at radius 1 is 0.857 bits per heavy atom. The van der Waals surface area contributed by atoms with Crippen LogP contribution < -0.4 is 4.90 Å². The van der Waals surface area contributed by atoms with Gasteiger partial charge in [-0.1, -0.05) is 30.3 Å². The van der Waals surface area contributed by atoms with Crippen LogP contribution in [0.4, 0.5) is 15.8 Å². The van der Waals surface area contributed by atoms with Crippen molar-refractivity contribution in [2.45, 2.75) is 0 Å². The van der Waals surface area contributed by atoms with Crippen LogP contribution in [0.15, 0.2) is 83.9 Å². The Kier molecular flexibility index (Phi) is 6.12. The summed E-state index contributed by atoms with van der Waals surface area (Å²) < 4.78 is 12.9. The molecule has 0 aromatic heterocycles. The third kappa shape index (κ3) is 5.24. The van der Waals surface area contributed by atoms with Crippen LogP contribution in [0.1, 0.15) is 21.5 Å².